The van der Waals surface area contributed by atoms with E-state index in [4.69, 9.17) is 0 Å². The van der Waals surface area contributed by atoms with Crippen LogP contribution in [0.15, 0.2) is 17.3 Å². The molecule has 1 aromatic rings. The number of alkyl halides is 3. The minimum Gasteiger partial charge on any atom is -0.357 e. The van der Waals surface area contributed by atoms with E-state index in [0.717, 1.165) is 25.2 Å². The number of anilines is 1. The van der Waals surface area contributed by atoms with Gasteiger partial charge < -0.3 is 16.0 Å². The smallest absolute Gasteiger partial charge is 0.357 e. The Morgan fingerprint density at radius 2 is 2.09 bits per heavy atom. The predicted molar refractivity (Wildman–Crippen MR) is 84.4 cm³/mol. The fourth-order valence-electron chi connectivity index (χ4n) is 1.59. The van der Waals surface area contributed by atoms with Crippen molar-refractivity contribution in [2.75, 3.05) is 25.0 Å². The van der Waals surface area contributed by atoms with Crippen LogP contribution < -0.4 is 16.0 Å². The number of guanidine groups is 1. The van der Waals surface area contributed by atoms with Crippen LogP contribution in [-0.2, 0) is 6.18 Å². The Labute approximate surface area is 134 Å². The number of halogens is 3. The molecule has 0 aliphatic rings. The summed E-state index contributed by atoms with van der Waals surface area (Å²) in [6.07, 6.45) is -2.44. The molecule has 0 aliphatic carbocycles. The number of rotatable bonds is 7. The number of hydrogen-bond donors (Lipinski definition) is 3. The zero-order chi connectivity index (χ0) is 17.3. The van der Waals surface area contributed by atoms with Crippen molar-refractivity contribution in [3.63, 3.8) is 0 Å². The molecule has 1 heterocycles. The molecule has 23 heavy (non-hydrogen) atoms. The molecule has 0 saturated carbocycles. The molecule has 0 spiro atoms. The number of nitrogens with one attached hydrogen (secondary N) is 3. The first-order chi connectivity index (χ1) is 10.9. The molecule has 0 fully saturated rings. The molecule has 0 amide bonds. The summed E-state index contributed by atoms with van der Waals surface area (Å²) in [6.45, 7) is 7.51. The molecule has 0 saturated heterocycles. The minimum atomic E-state index is -4.48. The van der Waals surface area contributed by atoms with Gasteiger partial charge in [-0.3, -0.25) is 4.99 Å². The fourth-order valence-corrected chi connectivity index (χ4v) is 1.59. The quantitative estimate of drug-likeness (QED) is 0.406. The van der Waals surface area contributed by atoms with Gasteiger partial charge in [-0.1, -0.05) is 6.92 Å². The second-order valence-corrected chi connectivity index (χ2v) is 4.90. The van der Waals surface area contributed by atoms with Crippen LogP contribution in [0, 0.1) is 0 Å². The molecule has 0 aliphatic heterocycles. The van der Waals surface area contributed by atoms with Gasteiger partial charge in [0, 0.05) is 25.3 Å². The third-order valence-electron chi connectivity index (χ3n) is 2.95. The Balaban J connectivity index is 2.53. The zero-order valence-electron chi connectivity index (χ0n) is 13.5. The Hall–Kier alpha value is -2.06. The molecular formula is C14H23F3N6. The summed E-state index contributed by atoms with van der Waals surface area (Å²) in [7, 11) is 0. The lowest BCUT2D eigenvalue weighted by Gasteiger charge is -2.16. The van der Waals surface area contributed by atoms with Gasteiger partial charge in [0.05, 0.1) is 6.54 Å². The van der Waals surface area contributed by atoms with Crippen molar-refractivity contribution in [3.8, 4) is 0 Å². The van der Waals surface area contributed by atoms with E-state index in [1.165, 1.54) is 0 Å². The highest BCUT2D eigenvalue weighted by Crippen LogP contribution is 2.27. The molecule has 1 rings (SSSR count). The molecule has 1 aromatic heterocycles. The van der Waals surface area contributed by atoms with Gasteiger partial charge in [0.25, 0.3) is 0 Å². The topological polar surface area (TPSA) is 74.2 Å². The summed E-state index contributed by atoms with van der Waals surface area (Å²) in [4.78, 5) is 11.5. The van der Waals surface area contributed by atoms with Crippen LogP contribution in [0.25, 0.3) is 0 Å². The van der Waals surface area contributed by atoms with Crippen LogP contribution >= 0.6 is 0 Å². The van der Waals surface area contributed by atoms with Crippen molar-refractivity contribution in [3.05, 3.63) is 18.0 Å². The van der Waals surface area contributed by atoms with Gasteiger partial charge in [-0.2, -0.15) is 13.2 Å². The van der Waals surface area contributed by atoms with Gasteiger partial charge in [0.2, 0.25) is 5.95 Å². The lowest BCUT2D eigenvalue weighted by molar-refractivity contribution is -0.141. The number of aromatic nitrogens is 2. The normalized spacial score (nSPS) is 13.6. The number of nitrogens with zero attached hydrogens (tertiary/aromatic N) is 3. The van der Waals surface area contributed by atoms with E-state index < -0.39 is 11.9 Å². The van der Waals surface area contributed by atoms with Crippen molar-refractivity contribution in [1.29, 1.82) is 0 Å². The molecule has 9 heteroatoms. The standard InChI is InChI=1S/C14H23F3N6/c1-4-10(3)22-12(18-5-2)20-8-9-21-13-19-7-6-11(23-13)14(15,16)17/h6-7,10H,4-5,8-9H2,1-3H3,(H2,18,20,22)(H,19,21,23). The maximum atomic E-state index is 12.5. The largest absolute Gasteiger partial charge is 0.433 e. The van der Waals surface area contributed by atoms with Crippen molar-refractivity contribution in [2.45, 2.75) is 39.4 Å². The summed E-state index contributed by atoms with van der Waals surface area (Å²) in [5.41, 5.74) is -0.967. The highest BCUT2D eigenvalue weighted by Gasteiger charge is 2.32. The monoisotopic (exact) mass is 332 g/mol. The van der Waals surface area contributed by atoms with E-state index >= 15 is 0 Å². The summed E-state index contributed by atoms with van der Waals surface area (Å²) in [6, 6.07) is 1.12. The molecule has 1 atom stereocenters. The summed E-state index contributed by atoms with van der Waals surface area (Å²) in [5.74, 6) is 0.614. The van der Waals surface area contributed by atoms with E-state index in [1.54, 1.807) is 0 Å². The van der Waals surface area contributed by atoms with Gasteiger partial charge in [-0.05, 0) is 26.3 Å². The first-order valence-corrected chi connectivity index (χ1v) is 7.55. The van der Waals surface area contributed by atoms with Crippen LogP contribution in [0.3, 0.4) is 0 Å². The van der Waals surface area contributed by atoms with E-state index in [2.05, 4.69) is 37.8 Å². The van der Waals surface area contributed by atoms with Crippen molar-refractivity contribution < 1.29 is 13.2 Å². The van der Waals surface area contributed by atoms with Gasteiger partial charge >= 0.3 is 6.18 Å². The third-order valence-corrected chi connectivity index (χ3v) is 2.95. The average molecular weight is 332 g/mol. The molecule has 0 bridgehead atoms. The minimum absolute atomic E-state index is 0.0603. The van der Waals surface area contributed by atoms with Crippen LogP contribution in [0.4, 0.5) is 19.1 Å². The predicted octanol–water partition coefficient (Wildman–Crippen LogP) is 2.26. The van der Waals surface area contributed by atoms with E-state index in [-0.39, 0.29) is 12.0 Å². The van der Waals surface area contributed by atoms with Crippen molar-refractivity contribution in [1.82, 2.24) is 20.6 Å². The van der Waals surface area contributed by atoms with E-state index in [0.29, 0.717) is 19.0 Å². The molecule has 3 N–H and O–H groups in total. The van der Waals surface area contributed by atoms with Crippen molar-refractivity contribution >= 4 is 11.9 Å². The maximum absolute atomic E-state index is 12.5. The Kier molecular flexibility index (Phi) is 7.56. The second kappa shape index (κ2) is 9.16. The maximum Gasteiger partial charge on any atom is 0.433 e. The van der Waals surface area contributed by atoms with Gasteiger partial charge in [-0.15, -0.1) is 0 Å². The van der Waals surface area contributed by atoms with Gasteiger partial charge in [-0.25, -0.2) is 9.97 Å². The Bertz CT molecular complexity index is 504. The molecule has 1 unspecified atom stereocenters. The first kappa shape index (κ1) is 19.0. The summed E-state index contributed by atoms with van der Waals surface area (Å²) in [5, 5.41) is 9.07. The lowest BCUT2D eigenvalue weighted by atomic mass is 10.3. The van der Waals surface area contributed by atoms with Gasteiger partial charge in [0.15, 0.2) is 5.96 Å². The van der Waals surface area contributed by atoms with Crippen LogP contribution in [0.5, 0.6) is 0 Å². The Morgan fingerprint density at radius 3 is 2.70 bits per heavy atom. The number of aliphatic imine (C=N–C) groups is 1. The van der Waals surface area contributed by atoms with Crippen LogP contribution in [-0.4, -0.2) is 41.6 Å². The zero-order valence-corrected chi connectivity index (χ0v) is 13.5. The molecule has 6 nitrogen and oxygen atoms in total. The van der Waals surface area contributed by atoms with Crippen molar-refractivity contribution in [2.24, 2.45) is 4.99 Å². The fraction of sp³-hybridized carbons (Fsp3) is 0.643. The highest BCUT2D eigenvalue weighted by molar-refractivity contribution is 5.80. The summed E-state index contributed by atoms with van der Waals surface area (Å²) >= 11 is 0. The molecule has 130 valence electrons. The average Bonchev–Trinajstić information content (AvgIpc) is 2.51. The number of hydrogen-bond acceptors (Lipinski definition) is 4. The molecule has 0 aromatic carbocycles. The van der Waals surface area contributed by atoms with Gasteiger partial charge in [0.1, 0.15) is 5.69 Å². The Morgan fingerprint density at radius 1 is 1.35 bits per heavy atom. The van der Waals surface area contributed by atoms with Crippen LogP contribution in [0.2, 0.25) is 0 Å². The highest BCUT2D eigenvalue weighted by atomic mass is 19.4. The van der Waals surface area contributed by atoms with E-state index in [9.17, 15) is 13.2 Å². The van der Waals surface area contributed by atoms with E-state index in [1.807, 2.05) is 13.8 Å². The third kappa shape index (κ3) is 7.16. The first-order valence-electron chi connectivity index (χ1n) is 7.55. The SMILES string of the molecule is CCNC(=NCCNc1nccc(C(F)(F)F)n1)NC(C)CC. The molecule has 0 radical (unpaired) electrons. The lowest BCUT2D eigenvalue weighted by Crippen LogP contribution is -2.42. The molecular weight excluding hydrogens is 309 g/mol. The second-order valence-electron chi connectivity index (χ2n) is 4.90. The van der Waals surface area contributed by atoms with Crippen LogP contribution in [0.1, 0.15) is 32.9 Å². The summed E-state index contributed by atoms with van der Waals surface area (Å²) < 4.78 is 37.6.